The number of hydrogen-bond donors (Lipinski definition) is 2. The SMILES string of the molecule is NC(C=O)CCC(=O)O. The Hall–Kier alpha value is -0.900. The van der Waals surface area contributed by atoms with Gasteiger partial charge in [-0.2, -0.15) is 0 Å². The van der Waals surface area contributed by atoms with Crippen molar-refractivity contribution in [3.05, 3.63) is 0 Å². The second-order valence-corrected chi connectivity index (χ2v) is 1.73. The van der Waals surface area contributed by atoms with Crippen molar-refractivity contribution in [1.29, 1.82) is 0 Å². The number of carboxylic acids is 1. The maximum absolute atomic E-state index is 9.85. The summed E-state index contributed by atoms with van der Waals surface area (Å²) in [6.45, 7) is 0. The first-order valence-electron chi connectivity index (χ1n) is 2.59. The minimum atomic E-state index is -0.924. The lowest BCUT2D eigenvalue weighted by atomic mass is 10.2. The Bertz CT molecular complexity index is 113. The molecular weight excluding hydrogens is 122 g/mol. The lowest BCUT2D eigenvalue weighted by molar-refractivity contribution is -0.137. The van der Waals surface area contributed by atoms with E-state index in [9.17, 15) is 9.59 Å². The van der Waals surface area contributed by atoms with Gasteiger partial charge in [0, 0.05) is 6.42 Å². The van der Waals surface area contributed by atoms with Gasteiger partial charge >= 0.3 is 5.97 Å². The first-order chi connectivity index (χ1) is 4.16. The van der Waals surface area contributed by atoms with E-state index in [0.717, 1.165) is 0 Å². The summed E-state index contributed by atoms with van der Waals surface area (Å²) >= 11 is 0. The summed E-state index contributed by atoms with van der Waals surface area (Å²) in [7, 11) is 0. The van der Waals surface area contributed by atoms with Gasteiger partial charge in [0.25, 0.3) is 0 Å². The highest BCUT2D eigenvalue weighted by Gasteiger charge is 2.02. The smallest absolute Gasteiger partial charge is 0.303 e. The summed E-state index contributed by atoms with van der Waals surface area (Å²) in [5, 5.41) is 8.09. The van der Waals surface area contributed by atoms with Gasteiger partial charge in [-0.25, -0.2) is 0 Å². The summed E-state index contributed by atoms with van der Waals surface area (Å²) in [5.41, 5.74) is 5.09. The molecule has 0 saturated carbocycles. The Morgan fingerprint density at radius 3 is 2.67 bits per heavy atom. The summed E-state index contributed by atoms with van der Waals surface area (Å²) < 4.78 is 0. The maximum atomic E-state index is 9.85. The molecule has 0 aliphatic carbocycles. The normalized spacial score (nSPS) is 12.6. The summed E-state index contributed by atoms with van der Waals surface area (Å²) in [4.78, 5) is 19.6. The van der Waals surface area contributed by atoms with Crippen molar-refractivity contribution in [3.8, 4) is 0 Å². The first kappa shape index (κ1) is 8.10. The number of aliphatic carboxylic acids is 1. The van der Waals surface area contributed by atoms with Crippen molar-refractivity contribution in [2.75, 3.05) is 0 Å². The van der Waals surface area contributed by atoms with Gasteiger partial charge in [0.2, 0.25) is 0 Å². The Balaban J connectivity index is 3.26. The van der Waals surface area contributed by atoms with E-state index in [1.54, 1.807) is 0 Å². The largest absolute Gasteiger partial charge is 0.481 e. The Morgan fingerprint density at radius 2 is 2.33 bits per heavy atom. The van der Waals surface area contributed by atoms with Crippen LogP contribution < -0.4 is 5.73 Å². The van der Waals surface area contributed by atoms with Crippen molar-refractivity contribution in [2.45, 2.75) is 18.9 Å². The zero-order valence-electron chi connectivity index (χ0n) is 4.91. The number of rotatable bonds is 4. The topological polar surface area (TPSA) is 80.4 Å². The first-order valence-corrected chi connectivity index (χ1v) is 2.59. The van der Waals surface area contributed by atoms with E-state index >= 15 is 0 Å². The zero-order chi connectivity index (χ0) is 7.28. The van der Waals surface area contributed by atoms with Crippen LogP contribution >= 0.6 is 0 Å². The van der Waals surface area contributed by atoms with Crippen LogP contribution in [0.1, 0.15) is 12.8 Å². The van der Waals surface area contributed by atoms with Gasteiger partial charge in [-0.1, -0.05) is 0 Å². The zero-order valence-corrected chi connectivity index (χ0v) is 4.91. The van der Waals surface area contributed by atoms with Gasteiger partial charge in [0.15, 0.2) is 0 Å². The molecule has 0 amide bonds. The Labute approximate surface area is 52.7 Å². The highest BCUT2D eigenvalue weighted by molar-refractivity contribution is 5.68. The van der Waals surface area contributed by atoms with E-state index < -0.39 is 12.0 Å². The highest BCUT2D eigenvalue weighted by Crippen LogP contribution is 1.90. The fourth-order valence-corrected chi connectivity index (χ4v) is 0.358. The number of carboxylic acid groups (broad SMARTS) is 1. The predicted molar refractivity (Wildman–Crippen MR) is 30.9 cm³/mol. The van der Waals surface area contributed by atoms with Gasteiger partial charge in [-0.05, 0) is 6.42 Å². The molecular formula is C5H9NO3. The molecule has 0 heterocycles. The third-order valence-electron chi connectivity index (χ3n) is 0.866. The van der Waals surface area contributed by atoms with Gasteiger partial charge < -0.3 is 15.6 Å². The lowest BCUT2D eigenvalue weighted by Crippen LogP contribution is -2.22. The lowest BCUT2D eigenvalue weighted by Gasteiger charge is -1.97. The average Bonchev–Trinajstić information content (AvgIpc) is 1.83. The van der Waals surface area contributed by atoms with Gasteiger partial charge in [-0.15, -0.1) is 0 Å². The molecule has 0 spiro atoms. The van der Waals surface area contributed by atoms with Crippen molar-refractivity contribution >= 4 is 12.3 Å². The second kappa shape index (κ2) is 4.03. The molecule has 1 unspecified atom stereocenters. The number of aldehydes is 1. The summed E-state index contributed by atoms with van der Waals surface area (Å²) in [5.74, 6) is -0.924. The fraction of sp³-hybridized carbons (Fsp3) is 0.600. The maximum Gasteiger partial charge on any atom is 0.303 e. The van der Waals surface area contributed by atoms with Crippen molar-refractivity contribution < 1.29 is 14.7 Å². The van der Waals surface area contributed by atoms with E-state index in [0.29, 0.717) is 6.29 Å². The van der Waals surface area contributed by atoms with Gasteiger partial charge in [0.05, 0.1) is 6.04 Å². The molecule has 0 fully saturated rings. The molecule has 0 aromatic carbocycles. The summed E-state index contributed by atoms with van der Waals surface area (Å²) in [6, 6.07) is -0.624. The van der Waals surface area contributed by atoms with Crippen LogP contribution in [0.25, 0.3) is 0 Å². The van der Waals surface area contributed by atoms with E-state index in [1.165, 1.54) is 0 Å². The standard InChI is InChI=1S/C5H9NO3/c6-4(3-7)1-2-5(8)9/h3-4H,1-2,6H2,(H,8,9). The van der Waals surface area contributed by atoms with Crippen LogP contribution in [0, 0.1) is 0 Å². The van der Waals surface area contributed by atoms with Crippen LogP contribution in [-0.2, 0) is 9.59 Å². The molecule has 9 heavy (non-hydrogen) atoms. The molecule has 0 rings (SSSR count). The Morgan fingerprint density at radius 1 is 1.78 bits per heavy atom. The van der Waals surface area contributed by atoms with Gasteiger partial charge in [-0.3, -0.25) is 4.79 Å². The fourth-order valence-electron chi connectivity index (χ4n) is 0.358. The molecule has 1 atom stereocenters. The molecule has 0 aliphatic rings. The second-order valence-electron chi connectivity index (χ2n) is 1.73. The molecule has 0 radical (unpaired) electrons. The van der Waals surface area contributed by atoms with Crippen molar-refractivity contribution in [3.63, 3.8) is 0 Å². The molecule has 0 bridgehead atoms. The van der Waals surface area contributed by atoms with E-state index in [1.807, 2.05) is 0 Å². The molecule has 3 N–H and O–H groups in total. The predicted octanol–water partition coefficient (Wildman–Crippen LogP) is -0.623. The van der Waals surface area contributed by atoms with Crippen molar-refractivity contribution in [1.82, 2.24) is 0 Å². The van der Waals surface area contributed by atoms with Crippen LogP contribution in [-0.4, -0.2) is 23.4 Å². The molecule has 0 saturated heterocycles. The third-order valence-corrected chi connectivity index (χ3v) is 0.866. The van der Waals surface area contributed by atoms with Crippen molar-refractivity contribution in [2.24, 2.45) is 5.73 Å². The van der Waals surface area contributed by atoms with E-state index in [4.69, 9.17) is 10.8 Å². The number of nitrogens with two attached hydrogens (primary N) is 1. The van der Waals surface area contributed by atoms with Crippen LogP contribution in [0.15, 0.2) is 0 Å². The molecule has 0 aliphatic heterocycles. The van der Waals surface area contributed by atoms with Gasteiger partial charge in [0.1, 0.15) is 6.29 Å². The molecule has 0 aromatic heterocycles. The number of hydrogen-bond acceptors (Lipinski definition) is 3. The van der Waals surface area contributed by atoms with Crippen LogP contribution in [0.4, 0.5) is 0 Å². The molecule has 4 nitrogen and oxygen atoms in total. The molecule has 4 heteroatoms. The molecule has 52 valence electrons. The quantitative estimate of drug-likeness (QED) is 0.498. The number of carbonyl (C=O) groups excluding carboxylic acids is 1. The van der Waals surface area contributed by atoms with Crippen LogP contribution in [0.5, 0.6) is 0 Å². The minimum Gasteiger partial charge on any atom is -0.481 e. The Kier molecular flexibility index (Phi) is 3.62. The molecule has 0 aromatic rings. The van der Waals surface area contributed by atoms with Crippen LogP contribution in [0.2, 0.25) is 0 Å². The average molecular weight is 131 g/mol. The van der Waals surface area contributed by atoms with Crippen LogP contribution in [0.3, 0.4) is 0 Å². The third kappa shape index (κ3) is 4.96. The van der Waals surface area contributed by atoms with E-state index in [2.05, 4.69) is 0 Å². The monoisotopic (exact) mass is 131 g/mol. The highest BCUT2D eigenvalue weighted by atomic mass is 16.4. The summed E-state index contributed by atoms with van der Waals surface area (Å²) in [6.07, 6.45) is 0.724. The minimum absolute atomic E-state index is 0.0418. The number of carbonyl (C=O) groups is 2. The van der Waals surface area contributed by atoms with E-state index in [-0.39, 0.29) is 12.8 Å².